The Morgan fingerprint density at radius 1 is 0.775 bits per heavy atom. The Bertz CT molecular complexity index is 1720. The van der Waals surface area contributed by atoms with Crippen LogP contribution in [0.3, 0.4) is 0 Å². The number of benzene rings is 4. The van der Waals surface area contributed by atoms with Crippen LogP contribution in [0.15, 0.2) is 95.8 Å². The van der Waals surface area contributed by atoms with Gasteiger partial charge in [0.25, 0.3) is 0 Å². The van der Waals surface area contributed by atoms with E-state index in [0.29, 0.717) is 28.2 Å². The first-order valence-electron chi connectivity index (χ1n) is 11.8. The molecule has 0 aliphatic carbocycles. The van der Waals surface area contributed by atoms with Gasteiger partial charge in [-0.25, -0.2) is 0 Å². The molecular formula is C28H22ClF6O3PS. The normalized spacial score (nSPS) is 13.7. The van der Waals surface area contributed by atoms with Crippen LogP contribution in [0.5, 0.6) is 17.2 Å². The first-order chi connectivity index (χ1) is 18.6. The molecule has 4 aromatic carbocycles. The summed E-state index contributed by atoms with van der Waals surface area (Å²) in [6, 6.07) is 29.1. The van der Waals surface area contributed by atoms with Crippen LogP contribution in [0.4, 0.5) is 25.2 Å². The van der Waals surface area contributed by atoms with Gasteiger partial charge in [0, 0.05) is 22.6 Å². The number of hydrogen-bond donors (Lipinski definition) is 0. The molecule has 0 radical (unpaired) electrons. The molecule has 0 saturated heterocycles. The quantitative estimate of drug-likeness (QED) is 0.0822. The molecular weight excluding hydrogens is 597 g/mol. The van der Waals surface area contributed by atoms with Crippen LogP contribution in [-0.4, -0.2) is 6.61 Å². The summed E-state index contributed by atoms with van der Waals surface area (Å²) < 4.78 is 73.1. The standard InChI is InChI=1S/C28H22ClO3S.F6P/c1-2-18-31-24-17-16-23(29)26-27(30)22-10-6-7-11-25(22)33(28(24)26)21-14-12-20(13-15-21)32-19-8-4-3-5-9-19;1-7(2,3,4,5)6/h3-17H,2,18H2,1H3;/q+1;-1. The fraction of sp³-hybridized carbons (Fsp3) is 0.107. The molecule has 0 fully saturated rings. The molecule has 0 N–H and O–H groups in total. The van der Waals surface area contributed by atoms with Gasteiger partial charge in [-0.15, -0.1) is 0 Å². The van der Waals surface area contributed by atoms with Gasteiger partial charge in [0.2, 0.25) is 10.1 Å². The van der Waals surface area contributed by atoms with Gasteiger partial charge in [-0.3, -0.25) is 4.79 Å². The molecule has 1 atom stereocenters. The van der Waals surface area contributed by atoms with Gasteiger partial charge in [0.05, 0.1) is 17.0 Å². The Hall–Kier alpha value is -3.33. The van der Waals surface area contributed by atoms with Crippen LogP contribution in [0.25, 0.3) is 25.1 Å². The molecule has 0 aliphatic rings. The SMILES string of the molecule is CCCOc1ccc(Cl)c2c(=O)c3ccccc3[s+](-c3ccc(Oc4ccccc4)cc3)c12.F[P-](F)(F)(F)(F)F. The molecule has 0 amide bonds. The van der Waals surface area contributed by atoms with Crippen molar-refractivity contribution >= 4 is 50.1 Å². The zero-order valence-electron chi connectivity index (χ0n) is 20.8. The number of ether oxygens (including phenoxy) is 2. The van der Waals surface area contributed by atoms with E-state index < -0.39 is 18.3 Å². The molecule has 212 valence electrons. The zero-order valence-corrected chi connectivity index (χ0v) is 23.3. The molecule has 3 nitrogen and oxygen atoms in total. The van der Waals surface area contributed by atoms with Crippen molar-refractivity contribution in [1.29, 1.82) is 0 Å². The third kappa shape index (κ3) is 7.87. The predicted octanol–water partition coefficient (Wildman–Crippen LogP) is 11.7. The molecule has 0 saturated carbocycles. The van der Waals surface area contributed by atoms with Crippen molar-refractivity contribution in [3.8, 4) is 22.1 Å². The van der Waals surface area contributed by atoms with E-state index >= 15 is 0 Å². The van der Waals surface area contributed by atoms with Crippen molar-refractivity contribution in [2.75, 3.05) is 6.61 Å². The maximum atomic E-state index is 13.4. The number of para-hydroxylation sites is 1. The summed E-state index contributed by atoms with van der Waals surface area (Å²) >= 11 is 6.59. The average Bonchev–Trinajstić information content (AvgIpc) is 2.88. The molecule has 5 aromatic rings. The van der Waals surface area contributed by atoms with Gasteiger partial charge in [0.15, 0.2) is 15.3 Å². The minimum absolute atomic E-state index is 0.0553. The van der Waals surface area contributed by atoms with E-state index in [-0.39, 0.29) is 5.43 Å². The van der Waals surface area contributed by atoms with Gasteiger partial charge in [0.1, 0.15) is 16.9 Å². The monoisotopic (exact) mass is 618 g/mol. The Labute approximate surface area is 232 Å². The third-order valence-electron chi connectivity index (χ3n) is 5.35. The predicted molar refractivity (Wildman–Crippen MR) is 152 cm³/mol. The summed E-state index contributed by atoms with van der Waals surface area (Å²) in [4.78, 5) is 14.5. The molecule has 1 unspecified atom stereocenters. The Kier molecular flexibility index (Phi) is 7.84. The van der Waals surface area contributed by atoms with E-state index in [4.69, 9.17) is 21.1 Å². The summed E-state index contributed by atoms with van der Waals surface area (Å²) in [5.41, 5.74) is -0.0553. The van der Waals surface area contributed by atoms with Crippen LogP contribution in [0.2, 0.25) is 5.02 Å². The molecule has 12 heteroatoms. The number of hydrogen-bond acceptors (Lipinski definition) is 3. The van der Waals surface area contributed by atoms with Crippen molar-refractivity contribution in [1.82, 2.24) is 0 Å². The van der Waals surface area contributed by atoms with Crippen LogP contribution in [0, 0.1) is 0 Å². The van der Waals surface area contributed by atoms with Crippen LogP contribution < -0.4 is 14.9 Å². The summed E-state index contributed by atoms with van der Waals surface area (Å²) in [7, 11) is -11.2. The van der Waals surface area contributed by atoms with Gasteiger partial charge in [-0.05, 0) is 55.0 Å². The van der Waals surface area contributed by atoms with E-state index in [1.807, 2.05) is 72.8 Å². The van der Waals surface area contributed by atoms with Crippen molar-refractivity contribution in [2.24, 2.45) is 0 Å². The minimum atomic E-state index is -10.7. The fourth-order valence-electron chi connectivity index (χ4n) is 3.87. The summed E-state index contributed by atoms with van der Waals surface area (Å²) in [5, 5.41) is 1.68. The molecule has 5 rings (SSSR count). The van der Waals surface area contributed by atoms with Crippen molar-refractivity contribution in [3.05, 3.63) is 106 Å². The first kappa shape index (κ1) is 29.6. The second-order valence-electron chi connectivity index (χ2n) is 8.57. The molecule has 1 heterocycles. The number of fused-ring (bicyclic) bond motifs is 2. The van der Waals surface area contributed by atoms with E-state index in [9.17, 15) is 30.0 Å². The summed E-state index contributed by atoms with van der Waals surface area (Å²) in [6.07, 6.45) is 0.876. The number of halogens is 7. The topological polar surface area (TPSA) is 35.5 Å². The molecule has 0 spiro atoms. The van der Waals surface area contributed by atoms with Crippen molar-refractivity contribution in [3.63, 3.8) is 0 Å². The summed E-state index contributed by atoms with van der Waals surface area (Å²) in [6.45, 7) is 2.64. The molecule has 1 aromatic heterocycles. The third-order valence-corrected chi connectivity index (χ3v) is 8.02. The van der Waals surface area contributed by atoms with Gasteiger partial charge in [-0.1, -0.05) is 48.9 Å². The molecule has 40 heavy (non-hydrogen) atoms. The van der Waals surface area contributed by atoms with Crippen molar-refractivity contribution < 1.29 is 34.7 Å². The van der Waals surface area contributed by atoms with Gasteiger partial charge >= 0.3 is 33.0 Å². The zero-order chi connectivity index (χ0) is 29.2. The van der Waals surface area contributed by atoms with Crippen molar-refractivity contribution in [2.45, 2.75) is 13.3 Å². The second-order valence-corrected chi connectivity index (χ2v) is 12.8. The van der Waals surface area contributed by atoms with Crippen LogP contribution in [-0.2, 0) is 0 Å². The fourth-order valence-corrected chi connectivity index (χ4v) is 6.62. The van der Waals surface area contributed by atoms with E-state index in [2.05, 4.69) is 19.1 Å². The Balaban J connectivity index is 0.000000470. The maximum absolute atomic E-state index is 13.4. The summed E-state index contributed by atoms with van der Waals surface area (Å²) in [5.74, 6) is 2.25. The van der Waals surface area contributed by atoms with E-state index in [1.54, 1.807) is 6.07 Å². The average molecular weight is 619 g/mol. The molecule has 0 bridgehead atoms. The number of rotatable bonds is 6. The first-order valence-corrected chi connectivity index (χ1v) is 15.5. The van der Waals surface area contributed by atoms with Gasteiger partial charge < -0.3 is 9.47 Å². The van der Waals surface area contributed by atoms with E-state index in [0.717, 1.165) is 32.2 Å². The Morgan fingerprint density at radius 3 is 1.98 bits per heavy atom. The van der Waals surface area contributed by atoms with Gasteiger partial charge in [-0.2, -0.15) is 0 Å². The van der Waals surface area contributed by atoms with E-state index in [1.165, 1.54) is 0 Å². The molecule has 0 aliphatic heterocycles. The Morgan fingerprint density at radius 2 is 1.35 bits per heavy atom. The second kappa shape index (κ2) is 10.6. The van der Waals surface area contributed by atoms with Crippen LogP contribution >= 0.6 is 29.9 Å². The van der Waals surface area contributed by atoms with Crippen LogP contribution in [0.1, 0.15) is 13.3 Å².